The first-order valence-corrected chi connectivity index (χ1v) is 5.44. The fraction of sp³-hybridized carbons (Fsp3) is 0.727. The molecule has 86 valence electrons. The Labute approximate surface area is 91.4 Å². The van der Waals surface area contributed by atoms with Crippen LogP contribution in [0.1, 0.15) is 31.9 Å². The molecule has 1 rings (SSSR count). The lowest BCUT2D eigenvalue weighted by Gasteiger charge is -2.10. The van der Waals surface area contributed by atoms with Crippen molar-refractivity contribution in [2.24, 2.45) is 5.73 Å². The molecule has 1 aromatic rings. The molecule has 0 aliphatic rings. The Bertz CT molecular complexity index is 285. The highest BCUT2D eigenvalue weighted by atomic mass is 16.5. The van der Waals surface area contributed by atoms with Gasteiger partial charge in [0.2, 0.25) is 0 Å². The zero-order valence-electron chi connectivity index (χ0n) is 9.81. The summed E-state index contributed by atoms with van der Waals surface area (Å²) in [6.07, 6.45) is 5.84. The van der Waals surface area contributed by atoms with Gasteiger partial charge in [0.15, 0.2) is 0 Å². The predicted molar refractivity (Wildman–Crippen MR) is 60.8 cm³/mol. The first-order valence-electron chi connectivity index (χ1n) is 5.44. The standard InChI is InChI=1S/C11H21N3O/c1-4-11(12)5-10-6-13-14(7-10)9(2)8-15-3/h6-7,9,11H,4-5,8,12H2,1-3H3. The van der Waals surface area contributed by atoms with Gasteiger partial charge in [-0.25, -0.2) is 0 Å². The van der Waals surface area contributed by atoms with E-state index in [2.05, 4.69) is 25.1 Å². The van der Waals surface area contributed by atoms with Crippen LogP contribution in [0.15, 0.2) is 12.4 Å². The second-order valence-electron chi connectivity index (χ2n) is 4.01. The van der Waals surface area contributed by atoms with Crippen molar-refractivity contribution in [1.29, 1.82) is 0 Å². The SMILES string of the molecule is CCC(N)Cc1cnn(C(C)COC)c1. The second-order valence-corrected chi connectivity index (χ2v) is 4.01. The van der Waals surface area contributed by atoms with Gasteiger partial charge in [-0.1, -0.05) is 6.92 Å². The van der Waals surface area contributed by atoms with Crippen LogP contribution < -0.4 is 5.73 Å². The molecule has 0 aliphatic carbocycles. The highest BCUT2D eigenvalue weighted by Crippen LogP contribution is 2.08. The van der Waals surface area contributed by atoms with Crippen LogP contribution in [0, 0.1) is 0 Å². The van der Waals surface area contributed by atoms with Gasteiger partial charge in [-0.3, -0.25) is 4.68 Å². The Morgan fingerprint density at radius 3 is 2.93 bits per heavy atom. The average Bonchev–Trinajstić information content (AvgIpc) is 2.66. The number of methoxy groups -OCH3 is 1. The van der Waals surface area contributed by atoms with Crippen LogP contribution in [0.2, 0.25) is 0 Å². The van der Waals surface area contributed by atoms with E-state index in [4.69, 9.17) is 10.5 Å². The largest absolute Gasteiger partial charge is 0.382 e. The Balaban J connectivity index is 2.55. The van der Waals surface area contributed by atoms with E-state index < -0.39 is 0 Å². The molecule has 1 heterocycles. The van der Waals surface area contributed by atoms with Crippen LogP contribution in [0.4, 0.5) is 0 Å². The maximum absolute atomic E-state index is 5.89. The first kappa shape index (κ1) is 12.2. The quantitative estimate of drug-likeness (QED) is 0.773. The molecule has 0 fully saturated rings. The Morgan fingerprint density at radius 2 is 2.33 bits per heavy atom. The summed E-state index contributed by atoms with van der Waals surface area (Å²) < 4.78 is 7.02. The van der Waals surface area contributed by atoms with Gasteiger partial charge in [0.1, 0.15) is 0 Å². The summed E-state index contributed by atoms with van der Waals surface area (Å²) in [5, 5.41) is 4.30. The normalized spacial score (nSPS) is 15.2. The lowest BCUT2D eigenvalue weighted by Crippen LogP contribution is -2.21. The van der Waals surface area contributed by atoms with E-state index in [-0.39, 0.29) is 12.1 Å². The van der Waals surface area contributed by atoms with Crippen molar-refractivity contribution in [3.8, 4) is 0 Å². The van der Waals surface area contributed by atoms with Crippen molar-refractivity contribution >= 4 is 0 Å². The van der Waals surface area contributed by atoms with E-state index in [0.717, 1.165) is 12.8 Å². The van der Waals surface area contributed by atoms with Gasteiger partial charge in [-0.15, -0.1) is 0 Å². The van der Waals surface area contributed by atoms with Crippen molar-refractivity contribution < 1.29 is 4.74 Å². The van der Waals surface area contributed by atoms with Gasteiger partial charge in [0.05, 0.1) is 18.8 Å². The summed E-state index contributed by atoms with van der Waals surface area (Å²) in [6, 6.07) is 0.516. The summed E-state index contributed by atoms with van der Waals surface area (Å²) >= 11 is 0. The third kappa shape index (κ3) is 3.64. The average molecular weight is 211 g/mol. The van der Waals surface area contributed by atoms with Crippen molar-refractivity contribution in [3.05, 3.63) is 18.0 Å². The molecular weight excluding hydrogens is 190 g/mol. The Hall–Kier alpha value is -0.870. The lowest BCUT2D eigenvalue weighted by molar-refractivity contribution is 0.157. The van der Waals surface area contributed by atoms with Gasteiger partial charge in [-0.05, 0) is 25.3 Å². The smallest absolute Gasteiger partial charge is 0.0724 e. The van der Waals surface area contributed by atoms with Crippen molar-refractivity contribution in [3.63, 3.8) is 0 Å². The minimum absolute atomic E-state index is 0.236. The molecular formula is C11H21N3O. The maximum Gasteiger partial charge on any atom is 0.0724 e. The van der Waals surface area contributed by atoms with Gasteiger partial charge in [0, 0.05) is 19.3 Å². The minimum Gasteiger partial charge on any atom is -0.382 e. The van der Waals surface area contributed by atoms with E-state index in [1.807, 2.05) is 10.9 Å². The molecule has 0 aromatic carbocycles. The van der Waals surface area contributed by atoms with Gasteiger partial charge < -0.3 is 10.5 Å². The number of hydrogen-bond donors (Lipinski definition) is 1. The van der Waals surface area contributed by atoms with Crippen LogP contribution in [0.3, 0.4) is 0 Å². The summed E-state index contributed by atoms with van der Waals surface area (Å²) in [5.41, 5.74) is 7.09. The molecule has 0 amide bonds. The molecule has 15 heavy (non-hydrogen) atoms. The molecule has 4 heteroatoms. The van der Waals surface area contributed by atoms with Gasteiger partial charge >= 0.3 is 0 Å². The first-order chi connectivity index (χ1) is 7.17. The van der Waals surface area contributed by atoms with Crippen LogP contribution in [-0.4, -0.2) is 29.5 Å². The lowest BCUT2D eigenvalue weighted by atomic mass is 10.1. The summed E-state index contributed by atoms with van der Waals surface area (Å²) in [4.78, 5) is 0. The van der Waals surface area contributed by atoms with Crippen LogP contribution >= 0.6 is 0 Å². The molecule has 2 unspecified atom stereocenters. The van der Waals surface area contributed by atoms with Crippen molar-refractivity contribution in [2.75, 3.05) is 13.7 Å². The highest BCUT2D eigenvalue weighted by molar-refractivity contribution is 5.06. The topological polar surface area (TPSA) is 53.1 Å². The second kappa shape index (κ2) is 5.88. The number of nitrogens with two attached hydrogens (primary N) is 1. The fourth-order valence-electron chi connectivity index (χ4n) is 1.49. The summed E-state index contributed by atoms with van der Waals surface area (Å²) in [7, 11) is 1.70. The highest BCUT2D eigenvalue weighted by Gasteiger charge is 2.08. The number of ether oxygens (including phenoxy) is 1. The third-order valence-corrected chi connectivity index (χ3v) is 2.54. The minimum atomic E-state index is 0.236. The van der Waals surface area contributed by atoms with E-state index in [1.54, 1.807) is 7.11 Å². The molecule has 4 nitrogen and oxygen atoms in total. The van der Waals surface area contributed by atoms with Gasteiger partial charge in [0.25, 0.3) is 0 Å². The molecule has 2 atom stereocenters. The molecule has 1 aromatic heterocycles. The van der Waals surface area contributed by atoms with Crippen LogP contribution in [-0.2, 0) is 11.2 Å². The molecule has 0 saturated carbocycles. The molecule has 0 radical (unpaired) electrons. The molecule has 0 spiro atoms. The number of hydrogen-bond acceptors (Lipinski definition) is 3. The summed E-state index contributed by atoms with van der Waals surface area (Å²) in [6.45, 7) is 4.86. The van der Waals surface area contributed by atoms with Crippen molar-refractivity contribution in [2.45, 2.75) is 38.8 Å². The predicted octanol–water partition coefficient (Wildman–Crippen LogP) is 1.37. The Kier molecular flexibility index (Phi) is 4.78. The maximum atomic E-state index is 5.89. The van der Waals surface area contributed by atoms with E-state index in [9.17, 15) is 0 Å². The van der Waals surface area contributed by atoms with Crippen LogP contribution in [0.5, 0.6) is 0 Å². The zero-order valence-corrected chi connectivity index (χ0v) is 9.81. The number of aromatic nitrogens is 2. The summed E-state index contributed by atoms with van der Waals surface area (Å²) in [5.74, 6) is 0. The molecule has 0 aliphatic heterocycles. The van der Waals surface area contributed by atoms with E-state index >= 15 is 0 Å². The van der Waals surface area contributed by atoms with Crippen LogP contribution in [0.25, 0.3) is 0 Å². The van der Waals surface area contributed by atoms with E-state index in [1.165, 1.54) is 5.56 Å². The van der Waals surface area contributed by atoms with Gasteiger partial charge in [-0.2, -0.15) is 5.10 Å². The zero-order chi connectivity index (χ0) is 11.3. The monoisotopic (exact) mass is 211 g/mol. The number of nitrogens with zero attached hydrogens (tertiary/aromatic N) is 2. The molecule has 2 N–H and O–H groups in total. The van der Waals surface area contributed by atoms with Crippen molar-refractivity contribution in [1.82, 2.24) is 9.78 Å². The molecule has 0 bridgehead atoms. The number of rotatable bonds is 6. The van der Waals surface area contributed by atoms with E-state index in [0.29, 0.717) is 6.61 Å². The Morgan fingerprint density at radius 1 is 1.60 bits per heavy atom. The third-order valence-electron chi connectivity index (χ3n) is 2.54. The fourth-order valence-corrected chi connectivity index (χ4v) is 1.49. The molecule has 0 saturated heterocycles.